The molecule has 0 N–H and O–H groups in total. The summed E-state index contributed by atoms with van der Waals surface area (Å²) in [6, 6.07) is 0. The number of likely N-dealkylation sites (N-methyl/N-ethyl adjacent to an activating group) is 1. The third kappa shape index (κ3) is 5.78. The van der Waals surface area contributed by atoms with Crippen LogP contribution in [0.5, 0.6) is 0 Å². The summed E-state index contributed by atoms with van der Waals surface area (Å²) in [7, 11) is 0. The molecule has 0 aromatic rings. The maximum absolute atomic E-state index is 11.8. The van der Waals surface area contributed by atoms with Crippen molar-refractivity contribution in [1.82, 2.24) is 14.7 Å². The van der Waals surface area contributed by atoms with Crippen LogP contribution in [-0.4, -0.2) is 79.3 Å². The molecule has 0 unspecified atom stereocenters. The summed E-state index contributed by atoms with van der Waals surface area (Å²) in [6.45, 7) is 16.1. The van der Waals surface area contributed by atoms with Crippen LogP contribution in [0.2, 0.25) is 0 Å². The standard InChI is InChI=1S/C14H29N3O2/c1-5-15(6-2)7-8-16-9-11-17(12-10-16)14(18)19-13(3)4/h13H,5-12H2,1-4H3. The normalized spacial score (nSPS) is 17.3. The Bertz CT molecular complexity index is 259. The van der Waals surface area contributed by atoms with Crippen LogP contribution < -0.4 is 0 Å². The SMILES string of the molecule is CCN(CC)CCN1CCN(C(=O)OC(C)C)CC1. The summed E-state index contributed by atoms with van der Waals surface area (Å²) in [5, 5.41) is 0. The average Bonchev–Trinajstić information content (AvgIpc) is 2.39. The van der Waals surface area contributed by atoms with Gasteiger partial charge in [-0.2, -0.15) is 0 Å². The van der Waals surface area contributed by atoms with E-state index in [-0.39, 0.29) is 12.2 Å². The molecule has 112 valence electrons. The predicted molar refractivity (Wildman–Crippen MR) is 77.4 cm³/mol. The molecule has 0 aromatic carbocycles. The third-order valence-electron chi connectivity index (χ3n) is 3.59. The van der Waals surface area contributed by atoms with Gasteiger partial charge in [0, 0.05) is 39.3 Å². The van der Waals surface area contributed by atoms with Crippen molar-refractivity contribution >= 4 is 6.09 Å². The van der Waals surface area contributed by atoms with Gasteiger partial charge in [0.05, 0.1) is 6.10 Å². The van der Waals surface area contributed by atoms with Crippen molar-refractivity contribution in [2.45, 2.75) is 33.8 Å². The van der Waals surface area contributed by atoms with E-state index in [4.69, 9.17) is 4.74 Å². The summed E-state index contributed by atoms with van der Waals surface area (Å²) >= 11 is 0. The van der Waals surface area contributed by atoms with Crippen molar-refractivity contribution in [2.75, 3.05) is 52.4 Å². The molecule has 0 spiro atoms. The monoisotopic (exact) mass is 271 g/mol. The van der Waals surface area contributed by atoms with Crippen LogP contribution in [0.25, 0.3) is 0 Å². The van der Waals surface area contributed by atoms with Crippen LogP contribution in [0.1, 0.15) is 27.7 Å². The molecule has 0 radical (unpaired) electrons. The van der Waals surface area contributed by atoms with Crippen molar-refractivity contribution in [1.29, 1.82) is 0 Å². The van der Waals surface area contributed by atoms with Crippen LogP contribution in [-0.2, 0) is 4.74 Å². The van der Waals surface area contributed by atoms with Gasteiger partial charge in [0.25, 0.3) is 0 Å². The van der Waals surface area contributed by atoms with Gasteiger partial charge in [-0.05, 0) is 26.9 Å². The maximum atomic E-state index is 11.8. The quantitative estimate of drug-likeness (QED) is 0.733. The first-order valence-corrected chi connectivity index (χ1v) is 7.47. The minimum Gasteiger partial charge on any atom is -0.447 e. The molecule has 1 aliphatic heterocycles. The molecule has 0 bridgehead atoms. The lowest BCUT2D eigenvalue weighted by Gasteiger charge is -2.35. The molecule has 0 atom stereocenters. The molecule has 1 fully saturated rings. The molecule has 1 amide bonds. The fourth-order valence-electron chi connectivity index (χ4n) is 2.25. The smallest absolute Gasteiger partial charge is 0.410 e. The van der Waals surface area contributed by atoms with E-state index < -0.39 is 0 Å². The molecule has 0 aliphatic carbocycles. The lowest BCUT2D eigenvalue weighted by molar-refractivity contribution is 0.0555. The van der Waals surface area contributed by atoms with Crippen molar-refractivity contribution in [2.24, 2.45) is 0 Å². The molecular weight excluding hydrogens is 242 g/mol. The highest BCUT2D eigenvalue weighted by Gasteiger charge is 2.22. The molecule has 1 aliphatic rings. The number of hydrogen-bond donors (Lipinski definition) is 0. The highest BCUT2D eigenvalue weighted by atomic mass is 16.6. The lowest BCUT2D eigenvalue weighted by atomic mass is 10.3. The Morgan fingerprint density at radius 1 is 1.16 bits per heavy atom. The van der Waals surface area contributed by atoms with Crippen molar-refractivity contribution in [3.8, 4) is 0 Å². The third-order valence-corrected chi connectivity index (χ3v) is 3.59. The van der Waals surface area contributed by atoms with E-state index in [1.54, 1.807) is 0 Å². The van der Waals surface area contributed by atoms with Gasteiger partial charge in [0.15, 0.2) is 0 Å². The van der Waals surface area contributed by atoms with Crippen LogP contribution in [0.3, 0.4) is 0 Å². The van der Waals surface area contributed by atoms with E-state index >= 15 is 0 Å². The zero-order valence-electron chi connectivity index (χ0n) is 12.9. The lowest BCUT2D eigenvalue weighted by Crippen LogP contribution is -2.50. The van der Waals surface area contributed by atoms with E-state index in [0.717, 1.165) is 52.4 Å². The summed E-state index contributed by atoms with van der Waals surface area (Å²) < 4.78 is 5.22. The molecule has 5 nitrogen and oxygen atoms in total. The topological polar surface area (TPSA) is 36.0 Å². The number of nitrogens with zero attached hydrogens (tertiary/aromatic N) is 3. The molecule has 5 heteroatoms. The molecular formula is C14H29N3O2. The van der Waals surface area contributed by atoms with Crippen LogP contribution in [0.4, 0.5) is 4.79 Å². The zero-order valence-corrected chi connectivity index (χ0v) is 12.9. The Morgan fingerprint density at radius 3 is 2.21 bits per heavy atom. The Hall–Kier alpha value is -0.810. The number of piperazine rings is 1. The second kappa shape index (κ2) is 8.38. The number of carbonyl (C=O) groups is 1. The molecule has 0 saturated carbocycles. The van der Waals surface area contributed by atoms with E-state index in [1.165, 1.54) is 0 Å². The molecule has 0 aromatic heterocycles. The molecule has 19 heavy (non-hydrogen) atoms. The first-order chi connectivity index (χ1) is 9.06. The molecule has 1 rings (SSSR count). The summed E-state index contributed by atoms with van der Waals surface area (Å²) in [4.78, 5) is 18.4. The number of ether oxygens (including phenoxy) is 1. The highest BCUT2D eigenvalue weighted by Crippen LogP contribution is 2.05. The van der Waals surface area contributed by atoms with Gasteiger partial charge in [0.2, 0.25) is 0 Å². The zero-order chi connectivity index (χ0) is 14.3. The maximum Gasteiger partial charge on any atom is 0.410 e. The van der Waals surface area contributed by atoms with Crippen LogP contribution >= 0.6 is 0 Å². The van der Waals surface area contributed by atoms with Crippen LogP contribution in [0, 0.1) is 0 Å². The van der Waals surface area contributed by atoms with Gasteiger partial charge >= 0.3 is 6.09 Å². The fraction of sp³-hybridized carbons (Fsp3) is 0.929. The molecule has 1 heterocycles. The Morgan fingerprint density at radius 2 is 1.74 bits per heavy atom. The van der Waals surface area contributed by atoms with Gasteiger partial charge < -0.3 is 14.5 Å². The van der Waals surface area contributed by atoms with E-state index in [1.807, 2.05) is 18.7 Å². The van der Waals surface area contributed by atoms with E-state index in [9.17, 15) is 4.79 Å². The van der Waals surface area contributed by atoms with Gasteiger partial charge in [-0.1, -0.05) is 13.8 Å². The van der Waals surface area contributed by atoms with Crippen LogP contribution in [0.15, 0.2) is 0 Å². The first-order valence-electron chi connectivity index (χ1n) is 7.47. The number of amides is 1. The van der Waals surface area contributed by atoms with Gasteiger partial charge in [0.1, 0.15) is 0 Å². The van der Waals surface area contributed by atoms with Crippen molar-refractivity contribution in [3.63, 3.8) is 0 Å². The second-order valence-electron chi connectivity index (χ2n) is 5.29. The highest BCUT2D eigenvalue weighted by molar-refractivity contribution is 5.67. The minimum absolute atomic E-state index is 0.0341. The Balaban J connectivity index is 2.23. The number of rotatable bonds is 6. The first kappa shape index (κ1) is 16.2. The Labute approximate surface area is 117 Å². The molecule has 1 saturated heterocycles. The largest absolute Gasteiger partial charge is 0.447 e. The summed E-state index contributed by atoms with van der Waals surface area (Å²) in [6.07, 6.45) is -0.202. The summed E-state index contributed by atoms with van der Waals surface area (Å²) in [5.74, 6) is 0. The number of hydrogen-bond acceptors (Lipinski definition) is 4. The van der Waals surface area contributed by atoms with E-state index in [0.29, 0.717) is 0 Å². The minimum atomic E-state index is -0.168. The summed E-state index contributed by atoms with van der Waals surface area (Å²) in [5.41, 5.74) is 0. The van der Waals surface area contributed by atoms with Gasteiger partial charge in [-0.15, -0.1) is 0 Å². The van der Waals surface area contributed by atoms with Gasteiger partial charge in [-0.3, -0.25) is 4.90 Å². The fourth-order valence-corrected chi connectivity index (χ4v) is 2.25. The average molecular weight is 271 g/mol. The van der Waals surface area contributed by atoms with Crippen molar-refractivity contribution < 1.29 is 9.53 Å². The van der Waals surface area contributed by atoms with E-state index in [2.05, 4.69) is 23.6 Å². The number of carbonyl (C=O) groups excluding carboxylic acids is 1. The predicted octanol–water partition coefficient (Wildman–Crippen LogP) is 1.49. The van der Waals surface area contributed by atoms with Gasteiger partial charge in [-0.25, -0.2) is 4.79 Å². The second-order valence-corrected chi connectivity index (χ2v) is 5.29. The van der Waals surface area contributed by atoms with Crippen molar-refractivity contribution in [3.05, 3.63) is 0 Å². The Kier molecular flexibility index (Phi) is 7.16.